The zero-order valence-corrected chi connectivity index (χ0v) is 9.91. The Hall–Kier alpha value is -0.523. The van der Waals surface area contributed by atoms with E-state index in [2.05, 4.69) is 4.99 Å². The van der Waals surface area contributed by atoms with Gasteiger partial charge in [0.15, 0.2) is 0 Å². The first-order chi connectivity index (χ1) is 6.74. The van der Waals surface area contributed by atoms with Crippen molar-refractivity contribution in [3.05, 3.63) is 0 Å². The third-order valence-electron chi connectivity index (χ3n) is 2.00. The van der Waals surface area contributed by atoms with Gasteiger partial charge in [-0.2, -0.15) is 0 Å². The summed E-state index contributed by atoms with van der Waals surface area (Å²) < 4.78 is 15.8. The van der Waals surface area contributed by atoms with Crippen molar-refractivity contribution in [2.45, 2.75) is 12.5 Å². The van der Waals surface area contributed by atoms with E-state index in [0.29, 0.717) is 12.8 Å². The van der Waals surface area contributed by atoms with Gasteiger partial charge in [0, 0.05) is 21.3 Å². The zero-order chi connectivity index (χ0) is 10.9. The van der Waals surface area contributed by atoms with E-state index in [0.717, 1.165) is 12.5 Å². The van der Waals surface area contributed by atoms with Crippen LogP contribution in [0.5, 0.6) is 0 Å². The number of carbonyl (C=O) groups excluding carboxylic acids is 1. The number of nitrogens with zero attached hydrogens (tertiary/aromatic N) is 1. The minimum atomic E-state index is -2.21. The van der Waals surface area contributed by atoms with E-state index in [4.69, 9.17) is 13.6 Å². The van der Waals surface area contributed by atoms with Gasteiger partial charge in [-0.1, -0.05) is 0 Å². The standard InChI is InChI=1S/C8H17NO4Si/c1-11-8-14(12-2,13-3)6-4-5-9-7-10/h4-6,8H2,1-3H3. The van der Waals surface area contributed by atoms with Crippen molar-refractivity contribution < 1.29 is 18.4 Å². The normalized spacial score (nSPS) is 11.1. The first kappa shape index (κ1) is 13.5. The van der Waals surface area contributed by atoms with E-state index in [-0.39, 0.29) is 0 Å². The van der Waals surface area contributed by atoms with Gasteiger partial charge < -0.3 is 13.6 Å². The fraction of sp³-hybridized carbons (Fsp3) is 0.875. The molecule has 0 unspecified atom stereocenters. The van der Waals surface area contributed by atoms with E-state index in [1.807, 2.05) is 0 Å². The molecule has 0 aromatic rings. The van der Waals surface area contributed by atoms with Gasteiger partial charge in [-0.3, -0.25) is 0 Å². The SMILES string of the molecule is COC[Si](CCCN=C=O)(OC)OC. The van der Waals surface area contributed by atoms with Crippen LogP contribution < -0.4 is 0 Å². The number of rotatable bonds is 8. The topological polar surface area (TPSA) is 57.1 Å². The van der Waals surface area contributed by atoms with Gasteiger partial charge in [-0.05, 0) is 12.5 Å². The lowest BCUT2D eigenvalue weighted by atomic mass is 10.5. The fourth-order valence-electron chi connectivity index (χ4n) is 1.17. The van der Waals surface area contributed by atoms with Gasteiger partial charge in [0.2, 0.25) is 6.08 Å². The Labute approximate surface area is 85.3 Å². The van der Waals surface area contributed by atoms with Crippen LogP contribution in [0.3, 0.4) is 0 Å². The molecule has 5 nitrogen and oxygen atoms in total. The lowest BCUT2D eigenvalue weighted by Crippen LogP contribution is -2.45. The van der Waals surface area contributed by atoms with Gasteiger partial charge in [0.05, 0.1) is 12.8 Å². The van der Waals surface area contributed by atoms with E-state index in [1.165, 1.54) is 6.08 Å². The number of hydrogen-bond donors (Lipinski definition) is 0. The molecule has 0 heterocycles. The van der Waals surface area contributed by atoms with Gasteiger partial charge in [-0.25, -0.2) is 9.79 Å². The Morgan fingerprint density at radius 1 is 1.29 bits per heavy atom. The first-order valence-electron chi connectivity index (χ1n) is 4.37. The lowest BCUT2D eigenvalue weighted by Gasteiger charge is -2.25. The second-order valence-electron chi connectivity index (χ2n) is 2.83. The number of isocyanates is 1. The van der Waals surface area contributed by atoms with Crippen LogP contribution in [0, 0.1) is 0 Å². The molecule has 82 valence electrons. The summed E-state index contributed by atoms with van der Waals surface area (Å²) >= 11 is 0. The highest BCUT2D eigenvalue weighted by molar-refractivity contribution is 6.67. The third-order valence-corrected chi connectivity index (χ3v) is 5.33. The van der Waals surface area contributed by atoms with Crippen molar-refractivity contribution in [1.29, 1.82) is 0 Å². The average molecular weight is 219 g/mol. The van der Waals surface area contributed by atoms with E-state index in [9.17, 15) is 4.79 Å². The molecular formula is C8H17NO4Si. The summed E-state index contributed by atoms with van der Waals surface area (Å²) in [6.45, 7) is 0.467. The smallest absolute Gasteiger partial charge is 0.364 e. The molecule has 0 aliphatic heterocycles. The van der Waals surface area contributed by atoms with Crippen molar-refractivity contribution in [2.24, 2.45) is 4.99 Å². The first-order valence-corrected chi connectivity index (χ1v) is 6.60. The predicted molar refractivity (Wildman–Crippen MR) is 54.1 cm³/mol. The molecule has 0 amide bonds. The second-order valence-corrected chi connectivity index (χ2v) is 6.26. The molecule has 0 N–H and O–H groups in total. The maximum atomic E-state index is 9.83. The van der Waals surface area contributed by atoms with Crippen molar-refractivity contribution in [1.82, 2.24) is 0 Å². The molecule has 0 aliphatic rings. The Balaban J connectivity index is 3.99. The molecular weight excluding hydrogens is 202 g/mol. The van der Waals surface area contributed by atoms with Crippen molar-refractivity contribution >= 4 is 14.6 Å². The number of ether oxygens (including phenoxy) is 1. The predicted octanol–water partition coefficient (Wildman–Crippen LogP) is 0.633. The molecule has 0 spiro atoms. The van der Waals surface area contributed by atoms with E-state index >= 15 is 0 Å². The summed E-state index contributed by atoms with van der Waals surface area (Å²) in [5.41, 5.74) is 0. The third kappa shape index (κ3) is 4.64. The Kier molecular flexibility index (Phi) is 7.55. The van der Waals surface area contributed by atoms with Crippen LogP contribution in [0.4, 0.5) is 0 Å². The molecule has 0 radical (unpaired) electrons. The number of hydrogen-bond acceptors (Lipinski definition) is 5. The minimum absolute atomic E-state index is 0.467. The van der Waals surface area contributed by atoms with E-state index in [1.54, 1.807) is 21.3 Å². The largest absolute Gasteiger partial charge is 0.396 e. The van der Waals surface area contributed by atoms with Crippen LogP contribution in [-0.2, 0) is 18.4 Å². The molecule has 0 aliphatic carbocycles. The summed E-state index contributed by atoms with van der Waals surface area (Å²) in [6, 6.07) is 0.763. The molecule has 0 atom stereocenters. The van der Waals surface area contributed by atoms with Crippen molar-refractivity contribution in [3.63, 3.8) is 0 Å². The molecule has 0 bridgehead atoms. The summed E-state index contributed by atoms with van der Waals surface area (Å²) in [6.07, 6.45) is 2.75. The van der Waals surface area contributed by atoms with Crippen LogP contribution >= 0.6 is 0 Å². The van der Waals surface area contributed by atoms with Crippen molar-refractivity contribution in [3.8, 4) is 0 Å². The Bertz CT molecular complexity index is 190. The monoisotopic (exact) mass is 219 g/mol. The Morgan fingerprint density at radius 3 is 2.36 bits per heavy atom. The van der Waals surface area contributed by atoms with Gasteiger partial charge >= 0.3 is 8.56 Å². The minimum Gasteiger partial charge on any atom is -0.396 e. The molecule has 0 saturated carbocycles. The Morgan fingerprint density at radius 2 is 1.93 bits per heavy atom. The average Bonchev–Trinajstić information content (AvgIpc) is 2.23. The molecule has 0 aromatic heterocycles. The van der Waals surface area contributed by atoms with Crippen molar-refractivity contribution in [2.75, 3.05) is 34.1 Å². The van der Waals surface area contributed by atoms with Gasteiger partial charge in [-0.15, -0.1) is 0 Å². The zero-order valence-electron chi connectivity index (χ0n) is 8.91. The maximum Gasteiger partial charge on any atom is 0.364 e. The number of methoxy groups -OCH3 is 1. The highest BCUT2D eigenvalue weighted by atomic mass is 28.4. The van der Waals surface area contributed by atoms with E-state index < -0.39 is 8.56 Å². The molecule has 0 fully saturated rings. The van der Waals surface area contributed by atoms with Crippen LogP contribution in [-0.4, -0.2) is 48.7 Å². The van der Waals surface area contributed by atoms with Crippen LogP contribution in [0.25, 0.3) is 0 Å². The molecule has 0 aromatic carbocycles. The highest BCUT2D eigenvalue weighted by Crippen LogP contribution is 2.14. The fourth-order valence-corrected chi connectivity index (χ4v) is 3.26. The summed E-state index contributed by atoms with van der Waals surface area (Å²) in [5.74, 6) is 0. The van der Waals surface area contributed by atoms with Crippen LogP contribution in [0.2, 0.25) is 6.04 Å². The van der Waals surface area contributed by atoms with Gasteiger partial charge in [0.25, 0.3) is 0 Å². The number of aliphatic imine (C=N–C) groups is 1. The quantitative estimate of drug-likeness (QED) is 0.260. The molecule has 14 heavy (non-hydrogen) atoms. The lowest BCUT2D eigenvalue weighted by molar-refractivity contribution is 0.162. The second kappa shape index (κ2) is 7.84. The molecule has 0 rings (SSSR count). The van der Waals surface area contributed by atoms with Crippen LogP contribution in [0.1, 0.15) is 6.42 Å². The highest BCUT2D eigenvalue weighted by Gasteiger charge is 2.34. The maximum absolute atomic E-state index is 9.83. The summed E-state index contributed by atoms with van der Waals surface area (Å²) in [7, 11) is 2.65. The molecule has 6 heteroatoms. The van der Waals surface area contributed by atoms with Crippen LogP contribution in [0.15, 0.2) is 4.99 Å². The summed E-state index contributed by atoms with van der Waals surface area (Å²) in [4.78, 5) is 13.3. The summed E-state index contributed by atoms with van der Waals surface area (Å²) in [5, 5.41) is 0. The van der Waals surface area contributed by atoms with Gasteiger partial charge in [0.1, 0.15) is 0 Å². The molecule has 0 saturated heterocycles.